The van der Waals surface area contributed by atoms with E-state index in [1.165, 1.54) is 6.07 Å². The van der Waals surface area contributed by atoms with Crippen LogP contribution in [0.3, 0.4) is 0 Å². The number of halogens is 1. The Morgan fingerprint density at radius 2 is 2.33 bits per heavy atom. The highest BCUT2D eigenvalue weighted by molar-refractivity contribution is 6.29. The van der Waals surface area contributed by atoms with Crippen LogP contribution in [0.15, 0.2) is 10.9 Å². The molecule has 0 aromatic carbocycles. The fourth-order valence-corrected chi connectivity index (χ4v) is 2.59. The molecule has 0 N–H and O–H groups in total. The fraction of sp³-hybridized carbons (Fsp3) is 0.692. The summed E-state index contributed by atoms with van der Waals surface area (Å²) in [6, 6.07) is 1.36. The maximum atomic E-state index is 12.0. The van der Waals surface area contributed by atoms with E-state index in [2.05, 4.69) is 18.8 Å². The second-order valence-corrected chi connectivity index (χ2v) is 5.72. The Labute approximate surface area is 112 Å². The average Bonchev–Trinajstić information content (AvgIpc) is 2.61. The summed E-state index contributed by atoms with van der Waals surface area (Å²) in [5, 5.41) is 0.265. The number of aromatic nitrogens is 2. The SMILES string of the molecule is CCc1nc(Cl)cc(=O)n1CC1CCC(C)(C)O1. The van der Waals surface area contributed by atoms with Crippen molar-refractivity contribution in [2.75, 3.05) is 0 Å². The molecule has 18 heavy (non-hydrogen) atoms. The van der Waals surface area contributed by atoms with E-state index >= 15 is 0 Å². The largest absolute Gasteiger partial charge is 0.370 e. The standard InChI is InChI=1S/C13H19ClN2O2/c1-4-11-15-10(14)7-12(17)16(11)8-9-5-6-13(2,3)18-9/h7,9H,4-6,8H2,1-3H3. The van der Waals surface area contributed by atoms with Crippen LogP contribution >= 0.6 is 11.6 Å². The monoisotopic (exact) mass is 270 g/mol. The van der Waals surface area contributed by atoms with Gasteiger partial charge in [-0.2, -0.15) is 0 Å². The molecule has 1 saturated heterocycles. The van der Waals surface area contributed by atoms with Gasteiger partial charge in [-0.25, -0.2) is 4.98 Å². The molecule has 1 aromatic rings. The molecule has 0 bridgehead atoms. The van der Waals surface area contributed by atoms with Gasteiger partial charge in [-0.1, -0.05) is 18.5 Å². The zero-order valence-electron chi connectivity index (χ0n) is 11.1. The van der Waals surface area contributed by atoms with Crippen LogP contribution in [-0.2, 0) is 17.7 Å². The molecule has 0 saturated carbocycles. The average molecular weight is 271 g/mol. The number of ether oxygens (including phenoxy) is 1. The molecular weight excluding hydrogens is 252 g/mol. The summed E-state index contributed by atoms with van der Waals surface area (Å²) in [5.41, 5.74) is -0.180. The summed E-state index contributed by atoms with van der Waals surface area (Å²) >= 11 is 5.81. The van der Waals surface area contributed by atoms with Gasteiger partial charge in [0, 0.05) is 12.5 Å². The third kappa shape index (κ3) is 2.93. The van der Waals surface area contributed by atoms with E-state index in [0.29, 0.717) is 13.0 Å². The van der Waals surface area contributed by atoms with Gasteiger partial charge in [-0.15, -0.1) is 0 Å². The van der Waals surface area contributed by atoms with Gasteiger partial charge in [-0.3, -0.25) is 9.36 Å². The number of hydrogen-bond acceptors (Lipinski definition) is 3. The van der Waals surface area contributed by atoms with E-state index in [1.54, 1.807) is 4.57 Å². The van der Waals surface area contributed by atoms with Crippen molar-refractivity contribution < 1.29 is 4.74 Å². The third-order valence-corrected chi connectivity index (χ3v) is 3.51. The topological polar surface area (TPSA) is 44.1 Å². The molecule has 0 spiro atoms. The Hall–Kier alpha value is -0.870. The van der Waals surface area contributed by atoms with Gasteiger partial charge in [0.05, 0.1) is 18.2 Å². The highest BCUT2D eigenvalue weighted by Crippen LogP contribution is 2.30. The predicted molar refractivity (Wildman–Crippen MR) is 71.1 cm³/mol. The Kier molecular flexibility index (Phi) is 3.78. The molecule has 1 fully saturated rings. The molecule has 1 aromatic heterocycles. The van der Waals surface area contributed by atoms with Crippen molar-refractivity contribution >= 4 is 11.6 Å². The van der Waals surface area contributed by atoms with Crippen molar-refractivity contribution in [2.24, 2.45) is 0 Å². The molecule has 5 heteroatoms. The Morgan fingerprint density at radius 3 is 2.89 bits per heavy atom. The molecule has 0 radical (unpaired) electrons. The first-order chi connectivity index (χ1) is 8.41. The molecule has 2 heterocycles. The summed E-state index contributed by atoms with van der Waals surface area (Å²) in [5.74, 6) is 0.723. The van der Waals surface area contributed by atoms with Crippen LogP contribution in [0.25, 0.3) is 0 Å². The lowest BCUT2D eigenvalue weighted by atomic mass is 10.1. The van der Waals surface area contributed by atoms with E-state index in [9.17, 15) is 4.79 Å². The molecule has 0 amide bonds. The van der Waals surface area contributed by atoms with Gasteiger partial charge in [-0.05, 0) is 26.7 Å². The Morgan fingerprint density at radius 1 is 1.61 bits per heavy atom. The van der Waals surface area contributed by atoms with Crippen molar-refractivity contribution in [2.45, 2.75) is 58.3 Å². The van der Waals surface area contributed by atoms with E-state index in [4.69, 9.17) is 16.3 Å². The predicted octanol–water partition coefficient (Wildman–Crippen LogP) is 2.42. The summed E-state index contributed by atoms with van der Waals surface area (Å²) < 4.78 is 7.60. The van der Waals surface area contributed by atoms with E-state index < -0.39 is 0 Å². The molecule has 1 aliphatic rings. The molecule has 4 nitrogen and oxygen atoms in total. The summed E-state index contributed by atoms with van der Waals surface area (Å²) in [6.45, 7) is 6.69. The molecule has 1 aliphatic heterocycles. The first-order valence-electron chi connectivity index (χ1n) is 6.35. The molecule has 100 valence electrons. The number of rotatable bonds is 3. The van der Waals surface area contributed by atoms with Crippen molar-refractivity contribution in [3.63, 3.8) is 0 Å². The van der Waals surface area contributed by atoms with Crippen molar-refractivity contribution in [1.29, 1.82) is 0 Å². The maximum Gasteiger partial charge on any atom is 0.255 e. The van der Waals surface area contributed by atoms with Gasteiger partial charge in [0.1, 0.15) is 11.0 Å². The highest BCUT2D eigenvalue weighted by atomic mass is 35.5. The van der Waals surface area contributed by atoms with Crippen LogP contribution in [0.5, 0.6) is 0 Å². The molecular formula is C13H19ClN2O2. The van der Waals surface area contributed by atoms with Crippen LogP contribution in [0.1, 0.15) is 39.4 Å². The zero-order valence-corrected chi connectivity index (χ0v) is 11.8. The minimum absolute atomic E-state index is 0.0828. The lowest BCUT2D eigenvalue weighted by Crippen LogP contribution is -2.31. The lowest BCUT2D eigenvalue weighted by molar-refractivity contribution is -0.0224. The van der Waals surface area contributed by atoms with Gasteiger partial charge >= 0.3 is 0 Å². The lowest BCUT2D eigenvalue weighted by Gasteiger charge is -2.20. The zero-order chi connectivity index (χ0) is 13.3. The van der Waals surface area contributed by atoms with E-state index in [1.807, 2.05) is 6.92 Å². The first-order valence-corrected chi connectivity index (χ1v) is 6.73. The van der Waals surface area contributed by atoms with Gasteiger partial charge in [0.2, 0.25) is 0 Å². The summed E-state index contributed by atoms with van der Waals surface area (Å²) in [7, 11) is 0. The number of hydrogen-bond donors (Lipinski definition) is 0. The first kappa shape index (κ1) is 13.6. The molecule has 0 aliphatic carbocycles. The fourth-order valence-electron chi connectivity index (χ4n) is 2.40. The Bertz CT molecular complexity index is 496. The summed E-state index contributed by atoms with van der Waals surface area (Å²) in [4.78, 5) is 16.2. The number of nitrogens with zero attached hydrogens (tertiary/aromatic N) is 2. The highest BCUT2D eigenvalue weighted by Gasteiger charge is 2.32. The molecule has 1 unspecified atom stereocenters. The minimum atomic E-state index is -0.0971. The summed E-state index contributed by atoms with van der Waals surface area (Å²) in [6.07, 6.45) is 2.78. The van der Waals surface area contributed by atoms with Crippen LogP contribution in [0, 0.1) is 0 Å². The van der Waals surface area contributed by atoms with Crippen LogP contribution < -0.4 is 5.56 Å². The second-order valence-electron chi connectivity index (χ2n) is 5.34. The maximum absolute atomic E-state index is 12.0. The van der Waals surface area contributed by atoms with Crippen molar-refractivity contribution in [3.05, 3.63) is 27.4 Å². The van der Waals surface area contributed by atoms with Crippen LogP contribution in [0.4, 0.5) is 0 Å². The van der Waals surface area contributed by atoms with Gasteiger partial charge < -0.3 is 4.74 Å². The van der Waals surface area contributed by atoms with Crippen molar-refractivity contribution in [1.82, 2.24) is 9.55 Å². The quantitative estimate of drug-likeness (QED) is 0.793. The Balaban J connectivity index is 2.22. The van der Waals surface area contributed by atoms with Gasteiger partial charge in [0.25, 0.3) is 5.56 Å². The smallest absolute Gasteiger partial charge is 0.255 e. The van der Waals surface area contributed by atoms with E-state index in [0.717, 1.165) is 18.7 Å². The van der Waals surface area contributed by atoms with E-state index in [-0.39, 0.29) is 22.4 Å². The molecule has 1 atom stereocenters. The van der Waals surface area contributed by atoms with Gasteiger partial charge in [0.15, 0.2) is 0 Å². The number of aryl methyl sites for hydroxylation is 1. The molecule has 2 rings (SSSR count). The van der Waals surface area contributed by atoms with Crippen LogP contribution in [-0.4, -0.2) is 21.3 Å². The van der Waals surface area contributed by atoms with Crippen LogP contribution in [0.2, 0.25) is 5.15 Å². The normalized spacial score (nSPS) is 22.3. The minimum Gasteiger partial charge on any atom is -0.370 e. The second kappa shape index (κ2) is 5.02. The van der Waals surface area contributed by atoms with Crippen molar-refractivity contribution in [3.8, 4) is 0 Å². The third-order valence-electron chi connectivity index (χ3n) is 3.31.